The summed E-state index contributed by atoms with van der Waals surface area (Å²) in [5.41, 5.74) is 10.8. The molecular weight excluding hydrogens is 366 g/mol. The number of H-pyrrole nitrogens is 1. The van der Waals surface area contributed by atoms with E-state index in [1.807, 2.05) is 28.8 Å². The molecule has 0 saturated carbocycles. The fourth-order valence-electron chi connectivity index (χ4n) is 3.89. The van der Waals surface area contributed by atoms with Gasteiger partial charge in [0.15, 0.2) is 0 Å². The molecule has 1 aliphatic rings. The first kappa shape index (κ1) is 17.3. The summed E-state index contributed by atoms with van der Waals surface area (Å²) in [6, 6.07) is 10.1. The van der Waals surface area contributed by atoms with Crippen molar-refractivity contribution < 1.29 is 4.79 Å². The van der Waals surface area contributed by atoms with Gasteiger partial charge in [-0.3, -0.25) is 4.40 Å². The zero-order valence-corrected chi connectivity index (χ0v) is 16.0. The molecule has 0 bridgehead atoms. The van der Waals surface area contributed by atoms with Crippen LogP contribution in [0.5, 0.6) is 0 Å². The van der Waals surface area contributed by atoms with Crippen molar-refractivity contribution in [2.75, 3.05) is 25.9 Å². The van der Waals surface area contributed by atoms with E-state index in [4.69, 9.17) is 10.7 Å². The summed E-state index contributed by atoms with van der Waals surface area (Å²) in [4.78, 5) is 26.3. The first-order chi connectivity index (χ1) is 14.2. The van der Waals surface area contributed by atoms with E-state index >= 15 is 0 Å². The average molecular weight is 387 g/mol. The first-order valence-electron chi connectivity index (χ1n) is 9.52. The number of nitrogens with two attached hydrogens (primary N) is 1. The Hall–Kier alpha value is -3.81. The highest BCUT2D eigenvalue weighted by Crippen LogP contribution is 2.33. The number of benzene rings is 1. The number of carbonyl (C=O) groups is 1. The summed E-state index contributed by atoms with van der Waals surface area (Å²) in [6.45, 7) is 1.19. The predicted molar refractivity (Wildman–Crippen MR) is 113 cm³/mol. The number of imidazole rings is 1. The van der Waals surface area contributed by atoms with Crippen LogP contribution in [0.15, 0.2) is 48.8 Å². The molecule has 29 heavy (non-hydrogen) atoms. The van der Waals surface area contributed by atoms with Crippen molar-refractivity contribution in [1.29, 1.82) is 0 Å². The average Bonchev–Trinajstić information content (AvgIpc) is 3.35. The number of urea groups is 1. The Morgan fingerprint density at radius 1 is 1.31 bits per heavy atom. The fraction of sp³-hybridized carbons (Fsp3) is 0.190. The van der Waals surface area contributed by atoms with Crippen molar-refractivity contribution in [3.63, 3.8) is 0 Å². The van der Waals surface area contributed by atoms with Gasteiger partial charge in [0.1, 0.15) is 22.9 Å². The van der Waals surface area contributed by atoms with Crippen LogP contribution in [-0.4, -0.2) is 50.4 Å². The second-order valence-electron chi connectivity index (χ2n) is 7.07. The molecule has 1 aromatic carbocycles. The number of rotatable bonds is 2. The van der Waals surface area contributed by atoms with Gasteiger partial charge in [-0.05, 0) is 24.1 Å². The number of nitrogens with zero attached hydrogens (tertiary/aromatic N) is 4. The third kappa shape index (κ3) is 2.80. The molecule has 0 saturated heterocycles. The number of anilines is 1. The molecule has 2 amide bonds. The molecule has 8 heteroatoms. The predicted octanol–water partition coefficient (Wildman–Crippen LogP) is 2.89. The summed E-state index contributed by atoms with van der Waals surface area (Å²) < 4.78 is 1.99. The standard InChI is InChI=1S/C21H21N7O/c1-23-21(29)27-9-6-13(7-10-27)20-26-17(18-19(22)24-8-11-28(18)20)16-12-14-4-2-3-5-15(14)25-16/h2-6,8,11-12,25H,7,9-10H2,1H3,(H2,22,24)(H,23,29). The Kier molecular flexibility index (Phi) is 3.97. The minimum absolute atomic E-state index is 0.0690. The summed E-state index contributed by atoms with van der Waals surface area (Å²) in [5, 5.41) is 3.79. The Labute approximate surface area is 167 Å². The van der Waals surface area contributed by atoms with Gasteiger partial charge < -0.3 is 20.9 Å². The Balaban J connectivity index is 1.64. The van der Waals surface area contributed by atoms with Gasteiger partial charge in [-0.25, -0.2) is 14.8 Å². The number of amides is 2. The molecule has 4 N–H and O–H groups in total. The van der Waals surface area contributed by atoms with Gasteiger partial charge in [-0.1, -0.05) is 24.3 Å². The lowest BCUT2D eigenvalue weighted by molar-refractivity contribution is 0.205. The number of hydrogen-bond donors (Lipinski definition) is 3. The molecule has 4 heterocycles. The Morgan fingerprint density at radius 2 is 2.17 bits per heavy atom. The number of aromatic amines is 1. The van der Waals surface area contributed by atoms with Crippen LogP contribution in [0.2, 0.25) is 0 Å². The zero-order chi connectivity index (χ0) is 20.0. The van der Waals surface area contributed by atoms with Crippen LogP contribution in [0, 0.1) is 0 Å². The fourth-order valence-corrected chi connectivity index (χ4v) is 3.89. The van der Waals surface area contributed by atoms with Crippen LogP contribution in [0.1, 0.15) is 12.2 Å². The van der Waals surface area contributed by atoms with Crippen molar-refractivity contribution in [3.8, 4) is 11.4 Å². The van der Waals surface area contributed by atoms with Gasteiger partial charge in [0.05, 0.1) is 5.69 Å². The number of para-hydroxylation sites is 1. The first-order valence-corrected chi connectivity index (χ1v) is 9.52. The maximum Gasteiger partial charge on any atom is 0.317 e. The summed E-state index contributed by atoms with van der Waals surface area (Å²) in [7, 11) is 1.64. The summed E-state index contributed by atoms with van der Waals surface area (Å²) >= 11 is 0. The van der Waals surface area contributed by atoms with Crippen LogP contribution in [-0.2, 0) is 0 Å². The largest absolute Gasteiger partial charge is 0.382 e. The van der Waals surface area contributed by atoms with Gasteiger partial charge >= 0.3 is 6.03 Å². The highest BCUT2D eigenvalue weighted by Gasteiger charge is 2.23. The zero-order valence-electron chi connectivity index (χ0n) is 16.0. The summed E-state index contributed by atoms with van der Waals surface area (Å²) in [6.07, 6.45) is 6.34. The molecular formula is C21H21N7O. The number of fused-ring (bicyclic) bond motifs is 2. The van der Waals surface area contributed by atoms with E-state index in [1.165, 1.54) is 0 Å². The number of nitrogen functional groups attached to an aromatic ring is 1. The van der Waals surface area contributed by atoms with Gasteiger partial charge in [0.2, 0.25) is 0 Å². The molecule has 4 aromatic rings. The number of carbonyl (C=O) groups excluding carboxylic acids is 1. The van der Waals surface area contributed by atoms with Crippen molar-refractivity contribution in [2.24, 2.45) is 0 Å². The van der Waals surface area contributed by atoms with Gasteiger partial charge in [0.25, 0.3) is 0 Å². The van der Waals surface area contributed by atoms with Gasteiger partial charge in [-0.2, -0.15) is 0 Å². The summed E-state index contributed by atoms with van der Waals surface area (Å²) in [5.74, 6) is 1.27. The van der Waals surface area contributed by atoms with Crippen molar-refractivity contribution in [3.05, 3.63) is 54.6 Å². The molecule has 1 aliphatic heterocycles. The van der Waals surface area contributed by atoms with Crippen molar-refractivity contribution >= 4 is 33.8 Å². The van der Waals surface area contributed by atoms with E-state index in [0.29, 0.717) is 18.9 Å². The number of nitrogens with one attached hydrogen (secondary N) is 2. The molecule has 0 atom stereocenters. The van der Waals surface area contributed by atoms with E-state index in [0.717, 1.165) is 45.6 Å². The third-order valence-electron chi connectivity index (χ3n) is 5.37. The molecule has 3 aromatic heterocycles. The van der Waals surface area contributed by atoms with E-state index in [2.05, 4.69) is 33.5 Å². The Morgan fingerprint density at radius 3 is 2.93 bits per heavy atom. The maximum atomic E-state index is 11.9. The topological polar surface area (TPSA) is 104 Å². The quantitative estimate of drug-likeness (QED) is 0.492. The SMILES string of the molecule is CNC(=O)N1CC=C(c2nc(-c3cc4ccccc4[nH]3)c3c(N)nccn23)CC1. The molecule has 0 aliphatic carbocycles. The second-order valence-corrected chi connectivity index (χ2v) is 7.07. The van der Waals surface area contributed by atoms with Crippen LogP contribution >= 0.6 is 0 Å². The van der Waals surface area contributed by atoms with Gasteiger partial charge in [0, 0.05) is 43.4 Å². The molecule has 8 nitrogen and oxygen atoms in total. The maximum absolute atomic E-state index is 11.9. The third-order valence-corrected chi connectivity index (χ3v) is 5.37. The lowest BCUT2D eigenvalue weighted by Crippen LogP contribution is -2.40. The van der Waals surface area contributed by atoms with Crippen LogP contribution in [0.25, 0.3) is 33.4 Å². The van der Waals surface area contributed by atoms with E-state index in [1.54, 1.807) is 18.1 Å². The number of hydrogen-bond acceptors (Lipinski definition) is 4. The minimum atomic E-state index is -0.0690. The second kappa shape index (κ2) is 6.66. The Bertz CT molecular complexity index is 1230. The molecule has 0 radical (unpaired) electrons. The van der Waals surface area contributed by atoms with Crippen LogP contribution in [0.4, 0.5) is 10.6 Å². The van der Waals surface area contributed by atoms with E-state index in [9.17, 15) is 4.79 Å². The van der Waals surface area contributed by atoms with Crippen LogP contribution in [0.3, 0.4) is 0 Å². The van der Waals surface area contributed by atoms with Gasteiger partial charge in [-0.15, -0.1) is 0 Å². The molecule has 0 unspecified atom stereocenters. The smallest absolute Gasteiger partial charge is 0.317 e. The van der Waals surface area contributed by atoms with Crippen LogP contribution < -0.4 is 11.1 Å². The normalized spacial score (nSPS) is 14.4. The number of aromatic nitrogens is 4. The molecule has 0 fully saturated rings. The molecule has 5 rings (SSSR count). The monoisotopic (exact) mass is 387 g/mol. The van der Waals surface area contributed by atoms with Crippen molar-refractivity contribution in [2.45, 2.75) is 6.42 Å². The highest BCUT2D eigenvalue weighted by molar-refractivity contribution is 5.92. The van der Waals surface area contributed by atoms with Crippen molar-refractivity contribution in [1.82, 2.24) is 29.6 Å². The molecule has 0 spiro atoms. The lowest BCUT2D eigenvalue weighted by Gasteiger charge is -2.25. The lowest BCUT2D eigenvalue weighted by atomic mass is 10.1. The minimum Gasteiger partial charge on any atom is -0.382 e. The van der Waals surface area contributed by atoms with E-state index in [-0.39, 0.29) is 6.03 Å². The highest BCUT2D eigenvalue weighted by atomic mass is 16.2. The van der Waals surface area contributed by atoms with E-state index < -0.39 is 0 Å². The molecule has 146 valence electrons.